The molecule has 0 N–H and O–H groups in total. The second-order valence-corrected chi connectivity index (χ2v) is 6.38. The van der Waals surface area contributed by atoms with E-state index in [1.165, 1.54) is 6.42 Å². The Labute approximate surface area is 110 Å². The minimum Gasteiger partial charge on any atom is -0.339 e. The molecule has 18 heavy (non-hydrogen) atoms. The van der Waals surface area contributed by atoms with Gasteiger partial charge < -0.3 is 9.80 Å². The van der Waals surface area contributed by atoms with Crippen LogP contribution in [0.5, 0.6) is 0 Å². The number of fused-ring (bicyclic) bond motifs is 2. The van der Waals surface area contributed by atoms with Crippen LogP contribution in [0.1, 0.15) is 27.2 Å². The molecule has 4 heteroatoms. The van der Waals surface area contributed by atoms with Crippen LogP contribution in [0, 0.1) is 5.92 Å². The van der Waals surface area contributed by atoms with Gasteiger partial charge >= 0.3 is 0 Å². The van der Waals surface area contributed by atoms with Crippen LogP contribution in [0.3, 0.4) is 0 Å². The third-order valence-corrected chi connectivity index (χ3v) is 4.91. The zero-order chi connectivity index (χ0) is 12.9. The van der Waals surface area contributed by atoms with Gasteiger partial charge in [-0.2, -0.15) is 0 Å². The molecule has 0 aromatic rings. The quantitative estimate of drug-likeness (QED) is 0.736. The van der Waals surface area contributed by atoms with Crippen molar-refractivity contribution >= 4 is 5.91 Å². The van der Waals surface area contributed by atoms with Crippen LogP contribution in [-0.4, -0.2) is 71.5 Å². The van der Waals surface area contributed by atoms with Gasteiger partial charge in [0.25, 0.3) is 0 Å². The molecule has 4 aliphatic heterocycles. The van der Waals surface area contributed by atoms with E-state index in [9.17, 15) is 4.79 Å². The van der Waals surface area contributed by atoms with Crippen molar-refractivity contribution in [2.24, 2.45) is 5.92 Å². The first kappa shape index (κ1) is 12.4. The van der Waals surface area contributed by atoms with Gasteiger partial charge in [-0.05, 0) is 26.8 Å². The molecule has 4 saturated heterocycles. The second-order valence-electron chi connectivity index (χ2n) is 6.38. The van der Waals surface area contributed by atoms with Gasteiger partial charge in [-0.1, -0.05) is 6.92 Å². The zero-order valence-corrected chi connectivity index (χ0v) is 11.8. The van der Waals surface area contributed by atoms with Gasteiger partial charge in [0.15, 0.2) is 0 Å². The standard InChI is InChI=1S/C14H25N3O/c1-4-15-6-11(7-15)14(18)16-8-12-5-13(9-16)17(12)10(2)3/h10-13H,4-9H2,1-3H3. The van der Waals surface area contributed by atoms with Gasteiger partial charge in [0, 0.05) is 44.3 Å². The lowest BCUT2D eigenvalue weighted by molar-refractivity contribution is -0.155. The van der Waals surface area contributed by atoms with Gasteiger partial charge in [0.05, 0.1) is 5.92 Å². The van der Waals surface area contributed by atoms with Crippen molar-refractivity contribution in [3.8, 4) is 0 Å². The number of piperidine rings is 1. The molecule has 4 heterocycles. The molecule has 4 nitrogen and oxygen atoms in total. The fourth-order valence-electron chi connectivity index (χ4n) is 3.90. The summed E-state index contributed by atoms with van der Waals surface area (Å²) in [5, 5.41) is 0. The number of carbonyl (C=O) groups excluding carboxylic acids is 1. The molecule has 4 aliphatic rings. The topological polar surface area (TPSA) is 26.8 Å². The summed E-state index contributed by atoms with van der Waals surface area (Å²) in [7, 11) is 0. The smallest absolute Gasteiger partial charge is 0.228 e. The molecule has 2 unspecified atom stereocenters. The Morgan fingerprint density at radius 1 is 1.17 bits per heavy atom. The first-order valence-corrected chi connectivity index (χ1v) is 7.38. The summed E-state index contributed by atoms with van der Waals surface area (Å²) < 4.78 is 0. The van der Waals surface area contributed by atoms with Crippen LogP contribution in [0.2, 0.25) is 0 Å². The lowest BCUT2D eigenvalue weighted by Crippen LogP contribution is -2.72. The molecule has 2 atom stereocenters. The number of hydrogen-bond donors (Lipinski definition) is 0. The average molecular weight is 251 g/mol. The van der Waals surface area contributed by atoms with E-state index in [4.69, 9.17) is 0 Å². The number of hydrogen-bond acceptors (Lipinski definition) is 3. The van der Waals surface area contributed by atoms with E-state index in [2.05, 4.69) is 35.5 Å². The maximum atomic E-state index is 12.4. The van der Waals surface area contributed by atoms with Crippen molar-refractivity contribution in [2.45, 2.75) is 45.3 Å². The molecule has 1 amide bonds. The number of carbonyl (C=O) groups is 1. The Morgan fingerprint density at radius 2 is 1.78 bits per heavy atom. The van der Waals surface area contributed by atoms with E-state index >= 15 is 0 Å². The van der Waals surface area contributed by atoms with E-state index < -0.39 is 0 Å². The predicted molar refractivity (Wildman–Crippen MR) is 71.4 cm³/mol. The Morgan fingerprint density at radius 3 is 2.28 bits per heavy atom. The molecule has 0 saturated carbocycles. The predicted octanol–water partition coefficient (Wildman–Crippen LogP) is 0.632. The Hall–Kier alpha value is -0.610. The lowest BCUT2D eigenvalue weighted by atomic mass is 9.84. The summed E-state index contributed by atoms with van der Waals surface area (Å²) in [5.41, 5.74) is 0. The Bertz CT molecular complexity index is 326. The highest BCUT2D eigenvalue weighted by Crippen LogP contribution is 2.35. The molecule has 0 aromatic carbocycles. The molecule has 4 fully saturated rings. The van der Waals surface area contributed by atoms with Crippen molar-refractivity contribution in [2.75, 3.05) is 32.7 Å². The van der Waals surface area contributed by atoms with Gasteiger partial charge in [0.2, 0.25) is 5.91 Å². The summed E-state index contributed by atoms with van der Waals surface area (Å²) in [6.07, 6.45) is 1.30. The van der Waals surface area contributed by atoms with Gasteiger partial charge in [-0.3, -0.25) is 9.69 Å². The van der Waals surface area contributed by atoms with E-state index in [-0.39, 0.29) is 5.92 Å². The molecule has 102 valence electrons. The highest BCUT2D eigenvalue weighted by Gasteiger charge is 2.48. The van der Waals surface area contributed by atoms with Crippen LogP contribution in [0.25, 0.3) is 0 Å². The Balaban J connectivity index is 1.53. The number of amides is 1. The SMILES string of the molecule is CCN1CC(C(=O)N2CC3CC(C2)N3C(C)C)C1. The number of nitrogens with zero attached hydrogens (tertiary/aromatic N) is 3. The molecular weight excluding hydrogens is 226 g/mol. The highest BCUT2D eigenvalue weighted by atomic mass is 16.2. The summed E-state index contributed by atoms with van der Waals surface area (Å²) >= 11 is 0. The van der Waals surface area contributed by atoms with Crippen molar-refractivity contribution in [1.82, 2.24) is 14.7 Å². The maximum absolute atomic E-state index is 12.4. The maximum Gasteiger partial charge on any atom is 0.228 e. The minimum absolute atomic E-state index is 0.287. The minimum atomic E-state index is 0.287. The zero-order valence-electron chi connectivity index (χ0n) is 11.8. The van der Waals surface area contributed by atoms with E-state index in [1.807, 2.05) is 0 Å². The van der Waals surface area contributed by atoms with Crippen molar-refractivity contribution in [3.63, 3.8) is 0 Å². The lowest BCUT2D eigenvalue weighted by Gasteiger charge is -2.59. The summed E-state index contributed by atoms with van der Waals surface area (Å²) in [4.78, 5) is 19.4. The first-order valence-electron chi connectivity index (χ1n) is 7.38. The highest BCUT2D eigenvalue weighted by molar-refractivity contribution is 5.80. The Kier molecular flexibility index (Phi) is 3.10. The normalized spacial score (nSPS) is 33.4. The monoisotopic (exact) mass is 251 g/mol. The van der Waals surface area contributed by atoms with Crippen molar-refractivity contribution in [1.29, 1.82) is 0 Å². The van der Waals surface area contributed by atoms with Crippen molar-refractivity contribution < 1.29 is 4.79 Å². The van der Waals surface area contributed by atoms with Crippen molar-refractivity contribution in [3.05, 3.63) is 0 Å². The fraction of sp³-hybridized carbons (Fsp3) is 0.929. The third kappa shape index (κ3) is 1.86. The van der Waals surface area contributed by atoms with Crippen LogP contribution >= 0.6 is 0 Å². The second kappa shape index (κ2) is 4.49. The fourth-order valence-corrected chi connectivity index (χ4v) is 3.90. The van der Waals surface area contributed by atoms with Gasteiger partial charge in [-0.25, -0.2) is 0 Å². The number of rotatable bonds is 3. The molecule has 0 aliphatic carbocycles. The van der Waals surface area contributed by atoms with Crippen LogP contribution in [-0.2, 0) is 4.79 Å². The summed E-state index contributed by atoms with van der Waals surface area (Å²) in [5.74, 6) is 0.702. The van der Waals surface area contributed by atoms with E-state index in [0.29, 0.717) is 24.0 Å². The van der Waals surface area contributed by atoms with E-state index in [0.717, 1.165) is 32.7 Å². The molecule has 0 aromatic heterocycles. The largest absolute Gasteiger partial charge is 0.339 e. The summed E-state index contributed by atoms with van der Waals surface area (Å²) in [6.45, 7) is 11.7. The first-order chi connectivity index (χ1) is 8.60. The van der Waals surface area contributed by atoms with Gasteiger partial charge in [-0.15, -0.1) is 0 Å². The van der Waals surface area contributed by atoms with Crippen LogP contribution in [0.4, 0.5) is 0 Å². The molecule has 2 bridgehead atoms. The molecule has 0 radical (unpaired) electrons. The average Bonchev–Trinajstić information content (AvgIpc) is 2.26. The summed E-state index contributed by atoms with van der Waals surface area (Å²) in [6, 6.07) is 1.90. The third-order valence-electron chi connectivity index (χ3n) is 4.91. The van der Waals surface area contributed by atoms with Crippen LogP contribution < -0.4 is 0 Å². The van der Waals surface area contributed by atoms with Gasteiger partial charge in [0.1, 0.15) is 0 Å². The van der Waals surface area contributed by atoms with Crippen LogP contribution in [0.15, 0.2) is 0 Å². The molecule has 0 spiro atoms. The molecular formula is C14H25N3O. The number of likely N-dealkylation sites (tertiary alicyclic amines) is 1. The number of piperazine rings is 1. The molecule has 4 rings (SSSR count). The van der Waals surface area contributed by atoms with E-state index in [1.54, 1.807) is 0 Å².